The molecule has 0 bridgehead atoms. The Bertz CT molecular complexity index is 558. The molecular formula is C14H18ClN3O3. The number of hydrogen-bond acceptors (Lipinski definition) is 4. The van der Waals surface area contributed by atoms with E-state index in [1.54, 1.807) is 6.07 Å². The minimum absolute atomic E-state index is 0. The topological polar surface area (TPSA) is 75.5 Å². The van der Waals surface area contributed by atoms with E-state index in [-0.39, 0.29) is 35.0 Å². The fourth-order valence-corrected chi connectivity index (χ4v) is 2.96. The summed E-state index contributed by atoms with van der Waals surface area (Å²) in [7, 11) is 0. The van der Waals surface area contributed by atoms with Gasteiger partial charge < -0.3 is 10.2 Å². The van der Waals surface area contributed by atoms with Crippen molar-refractivity contribution in [2.45, 2.75) is 31.8 Å². The molecule has 1 saturated heterocycles. The van der Waals surface area contributed by atoms with Crippen molar-refractivity contribution in [2.24, 2.45) is 0 Å². The van der Waals surface area contributed by atoms with Crippen molar-refractivity contribution in [2.75, 3.05) is 13.1 Å². The van der Waals surface area contributed by atoms with Crippen molar-refractivity contribution in [1.82, 2.24) is 10.2 Å². The monoisotopic (exact) mass is 311 g/mol. The summed E-state index contributed by atoms with van der Waals surface area (Å²) in [5, 5.41) is 14.0. The molecular weight excluding hydrogens is 294 g/mol. The summed E-state index contributed by atoms with van der Waals surface area (Å²) in [6, 6.07) is 4.87. The highest BCUT2D eigenvalue weighted by atomic mass is 35.5. The largest absolute Gasteiger partial charge is 0.337 e. The molecule has 1 atom stereocenters. The first-order valence-corrected chi connectivity index (χ1v) is 6.93. The lowest BCUT2D eigenvalue weighted by atomic mass is 9.98. The molecule has 1 aromatic rings. The van der Waals surface area contributed by atoms with Gasteiger partial charge in [-0.15, -0.1) is 12.4 Å². The van der Waals surface area contributed by atoms with Crippen molar-refractivity contribution in [3.8, 4) is 0 Å². The molecule has 1 aromatic carbocycles. The van der Waals surface area contributed by atoms with Crippen molar-refractivity contribution >= 4 is 24.0 Å². The number of amides is 1. The first-order valence-electron chi connectivity index (χ1n) is 6.93. The highest BCUT2D eigenvalue weighted by molar-refractivity contribution is 5.85. The van der Waals surface area contributed by atoms with E-state index in [0.29, 0.717) is 13.1 Å². The summed E-state index contributed by atoms with van der Waals surface area (Å²) in [4.78, 5) is 24.6. The van der Waals surface area contributed by atoms with Crippen LogP contribution in [-0.4, -0.2) is 34.9 Å². The molecule has 1 unspecified atom stereocenters. The van der Waals surface area contributed by atoms with Crippen LogP contribution in [0.25, 0.3) is 0 Å². The highest BCUT2D eigenvalue weighted by Gasteiger charge is 2.29. The van der Waals surface area contributed by atoms with Gasteiger partial charge in [0.1, 0.15) is 0 Å². The number of fused-ring (bicyclic) bond motifs is 1. The maximum atomic E-state index is 12.4. The van der Waals surface area contributed by atoms with Crippen LogP contribution in [-0.2, 0) is 17.8 Å². The Morgan fingerprint density at radius 1 is 1.38 bits per heavy atom. The number of nitro benzene ring substituents is 1. The summed E-state index contributed by atoms with van der Waals surface area (Å²) < 4.78 is 0. The quantitative estimate of drug-likeness (QED) is 0.665. The first kappa shape index (κ1) is 15.7. The summed E-state index contributed by atoms with van der Waals surface area (Å²) >= 11 is 0. The van der Waals surface area contributed by atoms with Crippen molar-refractivity contribution in [3.63, 3.8) is 0 Å². The second kappa shape index (κ2) is 6.41. The molecule has 0 saturated carbocycles. The van der Waals surface area contributed by atoms with Gasteiger partial charge in [-0.05, 0) is 36.9 Å². The van der Waals surface area contributed by atoms with Crippen LogP contribution in [0.3, 0.4) is 0 Å². The summed E-state index contributed by atoms with van der Waals surface area (Å²) in [5.41, 5.74) is 2.10. The number of halogens is 1. The molecule has 2 heterocycles. The highest BCUT2D eigenvalue weighted by Crippen LogP contribution is 2.24. The van der Waals surface area contributed by atoms with Crippen LogP contribution < -0.4 is 5.32 Å². The number of rotatable bonds is 2. The van der Waals surface area contributed by atoms with Crippen molar-refractivity contribution < 1.29 is 9.72 Å². The average molecular weight is 312 g/mol. The fraction of sp³-hybridized carbons (Fsp3) is 0.500. The summed E-state index contributed by atoms with van der Waals surface area (Å²) in [5.74, 6) is 0.125. The summed E-state index contributed by atoms with van der Waals surface area (Å²) in [6.45, 7) is 2.07. The number of nitrogens with zero attached hydrogens (tertiary/aromatic N) is 2. The molecule has 2 aliphatic rings. The maximum absolute atomic E-state index is 12.4. The molecule has 1 amide bonds. The third-order valence-electron chi connectivity index (χ3n) is 4.08. The van der Waals surface area contributed by atoms with Crippen LogP contribution >= 0.6 is 12.4 Å². The van der Waals surface area contributed by atoms with E-state index in [4.69, 9.17) is 0 Å². The molecule has 0 radical (unpaired) electrons. The van der Waals surface area contributed by atoms with Gasteiger partial charge in [0.15, 0.2) is 0 Å². The Morgan fingerprint density at radius 2 is 2.19 bits per heavy atom. The molecule has 2 aliphatic heterocycles. The number of benzene rings is 1. The van der Waals surface area contributed by atoms with Gasteiger partial charge in [0.2, 0.25) is 5.91 Å². The second-order valence-electron chi connectivity index (χ2n) is 5.37. The number of hydrogen-bond donors (Lipinski definition) is 1. The van der Waals surface area contributed by atoms with Gasteiger partial charge in [0.25, 0.3) is 5.69 Å². The van der Waals surface area contributed by atoms with Gasteiger partial charge in [-0.3, -0.25) is 14.9 Å². The van der Waals surface area contributed by atoms with Crippen LogP contribution in [0, 0.1) is 10.1 Å². The minimum atomic E-state index is -0.389. The molecule has 0 aliphatic carbocycles. The van der Waals surface area contributed by atoms with Gasteiger partial charge in [0, 0.05) is 25.2 Å². The number of nitrogens with one attached hydrogen (secondary N) is 1. The van der Waals surface area contributed by atoms with Crippen LogP contribution in [0.4, 0.5) is 5.69 Å². The first-order chi connectivity index (χ1) is 9.65. The molecule has 1 N–H and O–H groups in total. The summed E-state index contributed by atoms with van der Waals surface area (Å²) in [6.07, 6.45) is 2.69. The van der Waals surface area contributed by atoms with Gasteiger partial charge in [-0.1, -0.05) is 6.07 Å². The molecule has 1 fully saturated rings. The molecule has 3 rings (SSSR count). The van der Waals surface area contributed by atoms with E-state index in [2.05, 4.69) is 5.32 Å². The van der Waals surface area contributed by atoms with Crippen LogP contribution in [0.1, 0.15) is 24.0 Å². The maximum Gasteiger partial charge on any atom is 0.269 e. The Balaban J connectivity index is 0.00000161. The molecule has 21 heavy (non-hydrogen) atoms. The fourth-order valence-electron chi connectivity index (χ4n) is 2.96. The zero-order valence-corrected chi connectivity index (χ0v) is 12.4. The van der Waals surface area contributed by atoms with Gasteiger partial charge in [-0.2, -0.15) is 0 Å². The van der Waals surface area contributed by atoms with E-state index >= 15 is 0 Å². The molecule has 7 heteroatoms. The van der Waals surface area contributed by atoms with Crippen LogP contribution in [0.5, 0.6) is 0 Å². The average Bonchev–Trinajstić information content (AvgIpc) is 2.99. The lowest BCUT2D eigenvalue weighted by Crippen LogP contribution is -2.45. The zero-order valence-electron chi connectivity index (χ0n) is 11.6. The predicted octanol–water partition coefficient (Wildman–Crippen LogP) is 1.65. The zero-order chi connectivity index (χ0) is 14.1. The number of nitro groups is 1. The predicted molar refractivity (Wildman–Crippen MR) is 80.5 cm³/mol. The Labute approximate surface area is 129 Å². The van der Waals surface area contributed by atoms with Gasteiger partial charge >= 0.3 is 0 Å². The minimum Gasteiger partial charge on any atom is -0.337 e. The Kier molecular flexibility index (Phi) is 4.80. The van der Waals surface area contributed by atoms with Gasteiger partial charge in [0.05, 0.1) is 11.0 Å². The van der Waals surface area contributed by atoms with E-state index in [9.17, 15) is 14.9 Å². The normalized spacial score (nSPS) is 20.6. The van der Waals surface area contributed by atoms with Crippen LogP contribution in [0.2, 0.25) is 0 Å². The lowest BCUT2D eigenvalue weighted by molar-refractivity contribution is -0.385. The smallest absolute Gasteiger partial charge is 0.269 e. The van der Waals surface area contributed by atoms with Crippen LogP contribution in [0.15, 0.2) is 18.2 Å². The van der Waals surface area contributed by atoms with E-state index < -0.39 is 0 Å². The second-order valence-corrected chi connectivity index (χ2v) is 5.37. The molecule has 114 valence electrons. The number of carbonyl (C=O) groups excluding carboxylic acids is 1. The molecule has 6 nitrogen and oxygen atoms in total. The molecule has 0 spiro atoms. The van der Waals surface area contributed by atoms with Crippen molar-refractivity contribution in [3.05, 3.63) is 39.4 Å². The SMILES string of the molecule is Cl.O=C(C1CCCN1)N1CCc2ccc([N+](=O)[O-])cc2C1. The Hall–Kier alpha value is -1.66. The molecule has 0 aromatic heterocycles. The van der Waals surface area contributed by atoms with E-state index in [1.165, 1.54) is 6.07 Å². The number of carbonyl (C=O) groups is 1. The number of non-ortho nitro benzene ring substituents is 1. The Morgan fingerprint density at radius 3 is 2.86 bits per heavy atom. The van der Waals surface area contributed by atoms with E-state index in [1.807, 2.05) is 11.0 Å². The van der Waals surface area contributed by atoms with Crippen molar-refractivity contribution in [1.29, 1.82) is 0 Å². The third-order valence-corrected chi connectivity index (χ3v) is 4.08. The van der Waals surface area contributed by atoms with E-state index in [0.717, 1.165) is 36.9 Å². The van der Waals surface area contributed by atoms with Gasteiger partial charge in [-0.25, -0.2) is 0 Å². The standard InChI is InChI=1S/C14H17N3O3.ClH/c18-14(13-2-1-6-15-13)16-7-5-10-3-4-12(17(19)20)8-11(10)9-16;/h3-4,8,13,15H,1-2,5-7,9H2;1H. The lowest BCUT2D eigenvalue weighted by Gasteiger charge is -2.30. The third kappa shape index (κ3) is 3.16.